The Hall–Kier alpha value is -1.21. The van der Waals surface area contributed by atoms with E-state index < -0.39 is 10.7 Å². The first-order chi connectivity index (χ1) is 9.49. The summed E-state index contributed by atoms with van der Waals surface area (Å²) >= 11 is 2.94. The second kappa shape index (κ2) is 8.16. The number of hydrogen-bond acceptors (Lipinski definition) is 4. The minimum Gasteiger partial charge on any atom is -0.396 e. The summed E-state index contributed by atoms with van der Waals surface area (Å²) < 4.78 is 13.6. The minimum atomic E-state index is -0.549. The Bertz CT molecular complexity index is 465. The summed E-state index contributed by atoms with van der Waals surface area (Å²) in [6.45, 7) is 2.57. The molecule has 0 aromatic heterocycles. The molecule has 0 heterocycles. The van der Waals surface area contributed by atoms with Gasteiger partial charge in [0.25, 0.3) is 5.69 Å². The molecular weight excluding hydrogens is 331 g/mol. The highest BCUT2D eigenvalue weighted by Gasteiger charge is 2.18. The minimum absolute atomic E-state index is 0.0650. The Morgan fingerprint density at radius 2 is 2.20 bits per heavy atom. The first-order valence-electron chi connectivity index (χ1n) is 6.47. The van der Waals surface area contributed by atoms with Crippen LogP contribution in [-0.2, 0) is 0 Å². The zero-order chi connectivity index (χ0) is 15.1. The molecule has 1 rings (SSSR count). The van der Waals surface area contributed by atoms with Gasteiger partial charge in [-0.2, -0.15) is 0 Å². The van der Waals surface area contributed by atoms with Crippen LogP contribution < -0.4 is 5.32 Å². The second-order valence-electron chi connectivity index (χ2n) is 4.59. The lowest BCUT2D eigenvalue weighted by atomic mass is 10.00. The van der Waals surface area contributed by atoms with E-state index in [0.29, 0.717) is 13.0 Å². The monoisotopic (exact) mass is 348 g/mol. The van der Waals surface area contributed by atoms with Crippen molar-refractivity contribution < 1.29 is 14.4 Å². The fourth-order valence-electron chi connectivity index (χ4n) is 2.02. The largest absolute Gasteiger partial charge is 0.396 e. The molecule has 5 nitrogen and oxygen atoms in total. The number of hydrogen-bond donors (Lipinski definition) is 2. The standard InChI is InChI=1S/C13H18BrFN2O3/c1-2-3-9(4-5-18)8-16-12-7-11(15)10(14)6-13(12)17(19)20/h6-7,9,16,18H,2-5,8H2,1H3. The molecule has 0 saturated carbocycles. The fourth-order valence-corrected chi connectivity index (χ4v) is 2.35. The van der Waals surface area contributed by atoms with Gasteiger partial charge < -0.3 is 10.4 Å². The summed E-state index contributed by atoms with van der Waals surface area (Å²) in [5.74, 6) is -0.344. The van der Waals surface area contributed by atoms with Crippen LogP contribution in [-0.4, -0.2) is 23.2 Å². The lowest BCUT2D eigenvalue weighted by molar-refractivity contribution is -0.384. The molecule has 2 N–H and O–H groups in total. The van der Waals surface area contributed by atoms with Crippen LogP contribution in [0.3, 0.4) is 0 Å². The van der Waals surface area contributed by atoms with E-state index in [2.05, 4.69) is 21.2 Å². The Labute approximate surface area is 125 Å². The summed E-state index contributed by atoms with van der Waals surface area (Å²) in [6, 6.07) is 2.27. The molecule has 1 atom stereocenters. The van der Waals surface area contributed by atoms with E-state index in [9.17, 15) is 14.5 Å². The van der Waals surface area contributed by atoms with Gasteiger partial charge in [0.05, 0.1) is 9.40 Å². The van der Waals surface area contributed by atoms with E-state index in [-0.39, 0.29) is 28.4 Å². The fraction of sp³-hybridized carbons (Fsp3) is 0.538. The normalized spacial score (nSPS) is 12.2. The molecule has 0 fully saturated rings. The van der Waals surface area contributed by atoms with Crippen LogP contribution in [0.5, 0.6) is 0 Å². The van der Waals surface area contributed by atoms with Crippen LogP contribution in [0.1, 0.15) is 26.2 Å². The maximum absolute atomic E-state index is 13.5. The smallest absolute Gasteiger partial charge is 0.293 e. The van der Waals surface area contributed by atoms with Gasteiger partial charge in [-0.05, 0) is 34.7 Å². The van der Waals surface area contributed by atoms with Crippen molar-refractivity contribution in [2.75, 3.05) is 18.5 Å². The number of aliphatic hydroxyl groups excluding tert-OH is 1. The van der Waals surface area contributed by atoms with Gasteiger partial charge in [0.2, 0.25) is 0 Å². The van der Waals surface area contributed by atoms with Gasteiger partial charge in [-0.1, -0.05) is 13.3 Å². The summed E-state index contributed by atoms with van der Waals surface area (Å²) in [6.07, 6.45) is 2.48. The molecule has 0 aliphatic carbocycles. The van der Waals surface area contributed by atoms with Gasteiger partial charge in [-0.3, -0.25) is 10.1 Å². The second-order valence-corrected chi connectivity index (χ2v) is 5.44. The van der Waals surface area contributed by atoms with Crippen molar-refractivity contribution in [3.05, 3.63) is 32.5 Å². The van der Waals surface area contributed by atoms with Crippen LogP contribution in [0.15, 0.2) is 16.6 Å². The summed E-state index contributed by atoms with van der Waals surface area (Å²) in [5.41, 5.74) is -0.00716. The molecule has 1 aromatic carbocycles. The lowest BCUT2D eigenvalue weighted by Gasteiger charge is -2.16. The van der Waals surface area contributed by atoms with Crippen molar-refractivity contribution in [1.82, 2.24) is 0 Å². The number of halogens is 2. The van der Waals surface area contributed by atoms with E-state index in [1.807, 2.05) is 6.92 Å². The maximum atomic E-state index is 13.5. The summed E-state index contributed by atoms with van der Waals surface area (Å²) in [4.78, 5) is 10.4. The van der Waals surface area contributed by atoms with Gasteiger partial charge in [0.15, 0.2) is 0 Å². The van der Waals surface area contributed by atoms with Crippen LogP contribution in [0, 0.1) is 21.8 Å². The van der Waals surface area contributed by atoms with E-state index in [0.717, 1.165) is 25.0 Å². The van der Waals surface area contributed by atoms with E-state index in [1.165, 1.54) is 0 Å². The number of nitro groups is 1. The van der Waals surface area contributed by atoms with Crippen LogP contribution in [0.4, 0.5) is 15.8 Å². The lowest BCUT2D eigenvalue weighted by Crippen LogP contribution is -2.16. The Morgan fingerprint density at radius 3 is 2.75 bits per heavy atom. The van der Waals surface area contributed by atoms with Crippen LogP contribution in [0.2, 0.25) is 0 Å². The molecule has 20 heavy (non-hydrogen) atoms. The molecule has 0 radical (unpaired) electrons. The number of benzene rings is 1. The Balaban J connectivity index is 2.85. The third kappa shape index (κ3) is 4.72. The van der Waals surface area contributed by atoms with E-state index >= 15 is 0 Å². The number of aliphatic hydroxyl groups is 1. The predicted molar refractivity (Wildman–Crippen MR) is 79.3 cm³/mol. The number of nitrogens with zero attached hydrogens (tertiary/aromatic N) is 1. The van der Waals surface area contributed by atoms with Crippen molar-refractivity contribution in [2.45, 2.75) is 26.2 Å². The molecule has 0 aliphatic rings. The molecule has 7 heteroatoms. The van der Waals surface area contributed by atoms with Crippen LogP contribution >= 0.6 is 15.9 Å². The van der Waals surface area contributed by atoms with Gasteiger partial charge >= 0.3 is 0 Å². The van der Waals surface area contributed by atoms with Gasteiger partial charge in [-0.15, -0.1) is 0 Å². The zero-order valence-corrected chi connectivity index (χ0v) is 12.8. The molecule has 112 valence electrons. The molecular formula is C13H18BrFN2O3. The third-order valence-electron chi connectivity index (χ3n) is 3.05. The van der Waals surface area contributed by atoms with Crippen molar-refractivity contribution in [3.8, 4) is 0 Å². The molecule has 0 aliphatic heterocycles. The summed E-state index contributed by atoms with van der Waals surface area (Å²) in [7, 11) is 0. The average molecular weight is 349 g/mol. The molecule has 0 saturated heterocycles. The van der Waals surface area contributed by atoms with Gasteiger partial charge in [0.1, 0.15) is 11.5 Å². The SMILES string of the molecule is CCCC(CCO)CNc1cc(F)c(Br)cc1[N+](=O)[O-]. The van der Waals surface area contributed by atoms with Crippen molar-refractivity contribution >= 4 is 27.3 Å². The number of nitrogens with one attached hydrogen (secondary N) is 1. The highest BCUT2D eigenvalue weighted by molar-refractivity contribution is 9.10. The van der Waals surface area contributed by atoms with E-state index in [1.54, 1.807) is 0 Å². The average Bonchev–Trinajstić information content (AvgIpc) is 2.39. The van der Waals surface area contributed by atoms with Crippen LogP contribution in [0.25, 0.3) is 0 Å². The highest BCUT2D eigenvalue weighted by atomic mass is 79.9. The van der Waals surface area contributed by atoms with Crippen molar-refractivity contribution in [2.24, 2.45) is 5.92 Å². The first kappa shape index (κ1) is 16.8. The predicted octanol–water partition coefficient (Wildman–Crippen LogP) is 3.71. The topological polar surface area (TPSA) is 75.4 Å². The Kier molecular flexibility index (Phi) is 6.87. The molecule has 0 amide bonds. The third-order valence-corrected chi connectivity index (χ3v) is 3.66. The van der Waals surface area contributed by atoms with Crippen molar-refractivity contribution in [1.29, 1.82) is 0 Å². The highest BCUT2D eigenvalue weighted by Crippen LogP contribution is 2.31. The number of nitro benzene ring substituents is 1. The van der Waals surface area contributed by atoms with Gasteiger partial charge in [0, 0.05) is 25.3 Å². The van der Waals surface area contributed by atoms with E-state index in [4.69, 9.17) is 5.11 Å². The summed E-state index contributed by atoms with van der Waals surface area (Å²) in [5, 5.41) is 22.9. The zero-order valence-electron chi connectivity index (χ0n) is 11.2. The number of rotatable bonds is 8. The molecule has 0 spiro atoms. The van der Waals surface area contributed by atoms with Gasteiger partial charge in [-0.25, -0.2) is 4.39 Å². The molecule has 1 aromatic rings. The molecule has 0 bridgehead atoms. The first-order valence-corrected chi connectivity index (χ1v) is 7.27. The Morgan fingerprint density at radius 1 is 1.50 bits per heavy atom. The molecule has 1 unspecified atom stereocenters. The maximum Gasteiger partial charge on any atom is 0.293 e. The van der Waals surface area contributed by atoms with Crippen molar-refractivity contribution in [3.63, 3.8) is 0 Å². The quantitative estimate of drug-likeness (QED) is 0.554. The number of anilines is 1.